The van der Waals surface area contributed by atoms with Crippen molar-refractivity contribution < 1.29 is 28.8 Å². The lowest BCUT2D eigenvalue weighted by molar-refractivity contribution is -0.165. The molecule has 7 heteroatoms. The van der Waals surface area contributed by atoms with Crippen molar-refractivity contribution in [2.45, 2.75) is 144 Å². The molecule has 6 nitrogen and oxygen atoms in total. The van der Waals surface area contributed by atoms with E-state index in [1.165, 1.54) is 5.57 Å². The van der Waals surface area contributed by atoms with Gasteiger partial charge >= 0.3 is 0 Å². The van der Waals surface area contributed by atoms with Gasteiger partial charge in [0.25, 0.3) is 0 Å². The van der Waals surface area contributed by atoms with Crippen LogP contribution in [0.4, 0.5) is 0 Å². The van der Waals surface area contributed by atoms with E-state index in [0.717, 1.165) is 36.8 Å². The number of allylic oxidation sites excluding steroid dienone is 2. The average Bonchev–Trinajstić information content (AvgIpc) is 2.90. The first-order valence-corrected chi connectivity index (χ1v) is 19.9. The van der Waals surface area contributed by atoms with E-state index < -0.39 is 20.5 Å². The highest BCUT2D eigenvalue weighted by Gasteiger charge is 2.49. The van der Waals surface area contributed by atoms with Gasteiger partial charge in [0.2, 0.25) is 0 Å². The number of aromatic hydroxyl groups is 1. The van der Waals surface area contributed by atoms with Gasteiger partial charge in [-0.15, -0.1) is 0 Å². The summed E-state index contributed by atoms with van der Waals surface area (Å²) in [6.07, 6.45) is 5.48. The van der Waals surface area contributed by atoms with Gasteiger partial charge in [0.05, 0.1) is 38.6 Å². The van der Waals surface area contributed by atoms with Crippen molar-refractivity contribution in [3.05, 3.63) is 28.3 Å². The summed E-state index contributed by atoms with van der Waals surface area (Å²) in [7, 11) is 1.10. The van der Waals surface area contributed by atoms with Crippen LogP contribution in [-0.4, -0.2) is 51.1 Å². The summed E-state index contributed by atoms with van der Waals surface area (Å²) in [5, 5.41) is 23.7. The Morgan fingerprint density at radius 3 is 2.09 bits per heavy atom. The number of fused-ring (bicyclic) bond motifs is 4. The minimum absolute atomic E-state index is 0.0508. The Morgan fingerprint density at radius 1 is 0.909 bits per heavy atom. The van der Waals surface area contributed by atoms with Gasteiger partial charge in [0.15, 0.2) is 19.8 Å². The van der Waals surface area contributed by atoms with Crippen LogP contribution in [0.3, 0.4) is 0 Å². The summed E-state index contributed by atoms with van der Waals surface area (Å²) < 4.78 is 26.2. The molecule has 2 bridgehead atoms. The Morgan fingerprint density at radius 2 is 1.52 bits per heavy atom. The minimum Gasteiger partial charge on any atom is -0.504 e. The number of hydrogen-bond acceptors (Lipinski definition) is 6. The maximum Gasteiger partial charge on any atom is 0.192 e. The minimum atomic E-state index is -2.14. The van der Waals surface area contributed by atoms with Crippen LogP contribution in [-0.2, 0) is 15.6 Å². The molecular formula is C37H64O6Si. The van der Waals surface area contributed by atoms with Crippen molar-refractivity contribution >= 4 is 8.32 Å². The van der Waals surface area contributed by atoms with E-state index >= 15 is 0 Å². The molecule has 252 valence electrons. The van der Waals surface area contributed by atoms with Crippen molar-refractivity contribution in [2.24, 2.45) is 29.6 Å². The van der Waals surface area contributed by atoms with Crippen molar-refractivity contribution in [3.63, 3.8) is 0 Å². The number of phenolic OH excluding ortho intramolecular Hbond substituents is 1. The second kappa shape index (κ2) is 14.5. The first kappa shape index (κ1) is 36.9. The van der Waals surface area contributed by atoms with Crippen LogP contribution in [0.5, 0.6) is 17.2 Å². The summed E-state index contributed by atoms with van der Waals surface area (Å²) >= 11 is 0. The molecule has 1 aromatic rings. The molecule has 0 saturated carbocycles. The van der Waals surface area contributed by atoms with Gasteiger partial charge in [0.1, 0.15) is 5.75 Å². The third-order valence-corrected chi connectivity index (χ3v) is 15.6. The van der Waals surface area contributed by atoms with Crippen molar-refractivity contribution in [1.82, 2.24) is 0 Å². The fourth-order valence-corrected chi connectivity index (χ4v) is 8.98. The number of phenols is 1. The van der Waals surface area contributed by atoms with E-state index in [-0.39, 0.29) is 40.7 Å². The van der Waals surface area contributed by atoms with Gasteiger partial charge in [-0.25, -0.2) is 0 Å². The lowest BCUT2D eigenvalue weighted by Gasteiger charge is -2.50. The molecule has 1 fully saturated rings. The monoisotopic (exact) mass is 632 g/mol. The molecule has 1 saturated heterocycles. The summed E-state index contributed by atoms with van der Waals surface area (Å²) in [5.74, 6) is 2.20. The van der Waals surface area contributed by atoms with Gasteiger partial charge < -0.3 is 28.8 Å². The fourth-order valence-electron chi connectivity index (χ4n) is 7.52. The van der Waals surface area contributed by atoms with Crippen molar-refractivity contribution in [3.8, 4) is 17.2 Å². The molecule has 0 radical (unpaired) electrons. The van der Waals surface area contributed by atoms with Gasteiger partial charge in [-0.05, 0) is 75.4 Å². The van der Waals surface area contributed by atoms with Crippen molar-refractivity contribution in [1.29, 1.82) is 0 Å². The maximum atomic E-state index is 12.0. The number of aliphatic hydroxyl groups excluding tert-OH is 1. The van der Waals surface area contributed by atoms with Crippen LogP contribution >= 0.6 is 0 Å². The van der Waals surface area contributed by atoms with Crippen LogP contribution in [0.15, 0.2) is 11.6 Å². The van der Waals surface area contributed by atoms with Crippen LogP contribution in [0, 0.1) is 36.5 Å². The number of hydrogen-bond donors (Lipinski definition) is 2. The highest BCUT2D eigenvalue weighted by molar-refractivity contribution is 6.74. The number of rotatable bonds is 4. The Balaban J connectivity index is 2.27. The topological polar surface area (TPSA) is 77.4 Å². The molecular weight excluding hydrogens is 568 g/mol. The number of ether oxygens (including phenoxy) is 3. The maximum absolute atomic E-state index is 12.0. The smallest absolute Gasteiger partial charge is 0.192 e. The van der Waals surface area contributed by atoms with Crippen LogP contribution in [0.25, 0.3) is 0 Å². The molecule has 9 atom stereocenters. The van der Waals surface area contributed by atoms with E-state index in [4.69, 9.17) is 18.6 Å². The molecule has 0 aliphatic carbocycles. The summed E-state index contributed by atoms with van der Waals surface area (Å²) in [4.78, 5) is 0. The third-order valence-electron chi connectivity index (χ3n) is 11.1. The van der Waals surface area contributed by atoms with Crippen LogP contribution in [0.1, 0.15) is 111 Å². The SMILES string of the molecule is COc1c(C)c(OC)c2c(c1O)[C@@H]1O[C@H](CC[C@H](C)/C=C(\C)C[C@@H](C)C[C@H](C)[C@@H](O)C2)[C@H](C)[C@H](O[Si](C)(C)C(C)(C)C)[C@H]1C. The van der Waals surface area contributed by atoms with Gasteiger partial charge in [0, 0.05) is 34.9 Å². The summed E-state index contributed by atoms with van der Waals surface area (Å²) in [5.41, 5.74) is 3.63. The molecule has 3 rings (SSSR count). The van der Waals surface area contributed by atoms with E-state index in [1.54, 1.807) is 14.2 Å². The Labute approximate surface area is 270 Å². The molecule has 0 aromatic heterocycles. The van der Waals surface area contributed by atoms with E-state index in [1.807, 2.05) is 6.92 Å². The highest BCUT2D eigenvalue weighted by atomic mass is 28.4. The average molecular weight is 633 g/mol. The number of methoxy groups -OCH3 is 2. The van der Waals surface area contributed by atoms with Gasteiger partial charge in [-0.3, -0.25) is 0 Å². The normalized spacial score (nSPS) is 34.1. The molecule has 1 aromatic carbocycles. The third kappa shape index (κ3) is 7.87. The molecule has 0 spiro atoms. The first-order chi connectivity index (χ1) is 20.3. The zero-order valence-corrected chi connectivity index (χ0v) is 31.3. The van der Waals surface area contributed by atoms with Gasteiger partial charge in [-0.2, -0.15) is 0 Å². The fraction of sp³-hybridized carbons (Fsp3) is 0.784. The van der Waals surface area contributed by atoms with Gasteiger partial charge in [-0.1, -0.05) is 67.0 Å². The molecule has 2 N–H and O–H groups in total. The summed E-state index contributed by atoms with van der Waals surface area (Å²) in [6.45, 7) is 26.9. The zero-order valence-electron chi connectivity index (χ0n) is 30.3. The van der Waals surface area contributed by atoms with Crippen LogP contribution < -0.4 is 9.47 Å². The standard InChI is InChI=1S/C37H64O6Si/c1-21-15-16-30-25(5)33(43-44(13,14)37(8,9)10)26(6)35(42-30)31-28(34(40-11)27(7)36(41-12)32(31)39)20-29(38)24(4)19-23(3)18-22(2)17-21/h17,21,23-26,29-30,33,35,38-39H,15-16,18-20H2,1-14H3/b22-17+/t21-,23+,24-,25-,26+,29-,30+,33-,35+/m0/s1. The molecule has 0 unspecified atom stereocenters. The Bertz CT molecular complexity index is 1150. The number of aliphatic hydroxyl groups is 1. The molecule has 0 amide bonds. The second-order valence-corrected chi connectivity index (χ2v) is 20.7. The number of benzene rings is 1. The lowest BCUT2D eigenvalue weighted by atomic mass is 9.76. The van der Waals surface area contributed by atoms with E-state index in [2.05, 4.69) is 81.5 Å². The zero-order chi connectivity index (χ0) is 33.3. The second-order valence-electron chi connectivity index (χ2n) is 15.9. The Kier molecular flexibility index (Phi) is 12.1. The van der Waals surface area contributed by atoms with Crippen LogP contribution in [0.2, 0.25) is 18.1 Å². The summed E-state index contributed by atoms with van der Waals surface area (Å²) in [6, 6.07) is 0. The van der Waals surface area contributed by atoms with E-state index in [0.29, 0.717) is 35.3 Å². The molecule has 44 heavy (non-hydrogen) atoms. The molecule has 2 aliphatic rings. The predicted octanol–water partition coefficient (Wildman–Crippen LogP) is 9.15. The van der Waals surface area contributed by atoms with Crippen molar-refractivity contribution in [2.75, 3.05) is 14.2 Å². The quantitative estimate of drug-likeness (QED) is 0.255. The molecule has 2 heterocycles. The Hall–Kier alpha value is -1.54. The molecule has 2 aliphatic heterocycles. The first-order valence-electron chi connectivity index (χ1n) is 17.0. The lowest BCUT2D eigenvalue weighted by Crippen LogP contribution is -2.53. The largest absolute Gasteiger partial charge is 0.504 e. The highest BCUT2D eigenvalue weighted by Crippen LogP contribution is 2.53. The van der Waals surface area contributed by atoms with E-state index in [9.17, 15) is 10.2 Å². The predicted molar refractivity (Wildman–Crippen MR) is 183 cm³/mol.